The average Bonchev–Trinajstić information content (AvgIpc) is 2.37. The van der Waals surface area contributed by atoms with Crippen molar-refractivity contribution < 1.29 is 18.3 Å². The zero-order chi connectivity index (χ0) is 15.0. The number of rotatable bonds is 3. The van der Waals surface area contributed by atoms with Crippen molar-refractivity contribution in [2.45, 2.75) is 38.0 Å². The van der Waals surface area contributed by atoms with Crippen molar-refractivity contribution in [3.05, 3.63) is 35.4 Å². The molecule has 0 spiro atoms. The van der Waals surface area contributed by atoms with Crippen LogP contribution in [-0.2, 0) is 20.0 Å². The van der Waals surface area contributed by atoms with Gasteiger partial charge in [0.1, 0.15) is 0 Å². The second kappa shape index (κ2) is 5.20. The molecule has 1 aliphatic heterocycles. The molecule has 20 heavy (non-hydrogen) atoms. The predicted molar refractivity (Wildman–Crippen MR) is 77.7 cm³/mol. The second-order valence-electron chi connectivity index (χ2n) is 6.01. The lowest BCUT2D eigenvalue weighted by Crippen LogP contribution is -2.29. The Labute approximate surface area is 119 Å². The molecule has 1 unspecified atom stereocenters. The molecule has 1 atom stereocenters. The minimum absolute atomic E-state index is 0.0155. The summed E-state index contributed by atoms with van der Waals surface area (Å²) < 4.78 is 23.5. The molecule has 0 bridgehead atoms. The molecule has 1 saturated heterocycles. The van der Waals surface area contributed by atoms with E-state index in [-0.39, 0.29) is 17.4 Å². The van der Waals surface area contributed by atoms with Crippen LogP contribution in [0.2, 0.25) is 0 Å². The lowest BCUT2D eigenvalue weighted by molar-refractivity contribution is -0.142. The fraction of sp³-hybridized carbons (Fsp3) is 0.533. The van der Waals surface area contributed by atoms with E-state index in [2.05, 4.69) is 0 Å². The van der Waals surface area contributed by atoms with Crippen molar-refractivity contribution in [1.29, 1.82) is 0 Å². The van der Waals surface area contributed by atoms with Crippen LogP contribution >= 0.6 is 0 Å². The molecule has 0 radical (unpaired) electrons. The zero-order valence-electron chi connectivity index (χ0n) is 11.8. The van der Waals surface area contributed by atoms with Crippen LogP contribution in [0.5, 0.6) is 0 Å². The Hall–Kier alpha value is -1.36. The van der Waals surface area contributed by atoms with E-state index in [1.807, 2.05) is 18.2 Å². The van der Waals surface area contributed by atoms with Crippen LogP contribution in [0, 0.1) is 0 Å². The molecule has 0 saturated carbocycles. The van der Waals surface area contributed by atoms with Gasteiger partial charge in [-0.2, -0.15) is 0 Å². The van der Waals surface area contributed by atoms with Gasteiger partial charge in [-0.25, -0.2) is 8.42 Å². The highest BCUT2D eigenvalue weighted by molar-refractivity contribution is 7.91. The van der Waals surface area contributed by atoms with Gasteiger partial charge in [-0.1, -0.05) is 24.3 Å². The zero-order valence-corrected chi connectivity index (χ0v) is 12.6. The molecule has 0 aromatic heterocycles. The quantitative estimate of drug-likeness (QED) is 0.929. The van der Waals surface area contributed by atoms with Gasteiger partial charge in [0.05, 0.1) is 16.9 Å². The predicted octanol–water partition coefficient (Wildman–Crippen LogP) is 2.34. The summed E-state index contributed by atoms with van der Waals surface area (Å²) in [5.74, 6) is -0.461. The van der Waals surface area contributed by atoms with Gasteiger partial charge in [-0.15, -0.1) is 0 Å². The third-order valence-electron chi connectivity index (χ3n) is 4.08. The smallest absolute Gasteiger partial charge is 0.313 e. The summed E-state index contributed by atoms with van der Waals surface area (Å²) in [4.78, 5) is 11.3. The topological polar surface area (TPSA) is 71.4 Å². The van der Waals surface area contributed by atoms with E-state index in [4.69, 9.17) is 0 Å². The molecule has 0 aliphatic carbocycles. The molecule has 110 valence electrons. The minimum atomic E-state index is -2.96. The number of benzene rings is 1. The van der Waals surface area contributed by atoms with E-state index in [0.29, 0.717) is 12.0 Å². The van der Waals surface area contributed by atoms with Gasteiger partial charge in [-0.3, -0.25) is 4.79 Å². The standard InChI is InChI=1S/C15H20O4S/c1-15(2,14(16)17)13-7-3-5-11(9-13)12-6-4-8-20(18,19)10-12/h3,5,7,9,12H,4,6,8,10H2,1-2H3,(H,16,17). The summed E-state index contributed by atoms with van der Waals surface area (Å²) in [6.07, 6.45) is 1.52. The van der Waals surface area contributed by atoms with Gasteiger partial charge in [-0.05, 0) is 43.7 Å². The van der Waals surface area contributed by atoms with Gasteiger partial charge in [0.15, 0.2) is 9.84 Å². The van der Waals surface area contributed by atoms with E-state index < -0.39 is 21.2 Å². The molecule has 1 heterocycles. The Morgan fingerprint density at radius 1 is 1.35 bits per heavy atom. The number of sulfone groups is 1. The van der Waals surface area contributed by atoms with Crippen molar-refractivity contribution in [2.75, 3.05) is 11.5 Å². The Morgan fingerprint density at radius 3 is 2.65 bits per heavy atom. The summed E-state index contributed by atoms with van der Waals surface area (Å²) in [6.45, 7) is 3.32. The van der Waals surface area contributed by atoms with Gasteiger partial charge in [0.25, 0.3) is 0 Å². The Morgan fingerprint density at radius 2 is 2.05 bits per heavy atom. The van der Waals surface area contributed by atoms with E-state index in [1.165, 1.54) is 0 Å². The Balaban J connectivity index is 2.33. The first-order valence-corrected chi connectivity index (χ1v) is 8.59. The molecule has 1 fully saturated rings. The molecule has 1 aliphatic rings. The Kier molecular flexibility index (Phi) is 3.91. The molecule has 1 N–H and O–H groups in total. The summed E-state index contributed by atoms with van der Waals surface area (Å²) >= 11 is 0. The fourth-order valence-corrected chi connectivity index (χ4v) is 4.34. The summed E-state index contributed by atoms with van der Waals surface area (Å²) in [6, 6.07) is 7.35. The summed E-state index contributed by atoms with van der Waals surface area (Å²) in [5, 5.41) is 9.28. The molecular weight excluding hydrogens is 276 g/mol. The number of hydrogen-bond donors (Lipinski definition) is 1. The van der Waals surface area contributed by atoms with Crippen LogP contribution in [0.3, 0.4) is 0 Å². The number of carbonyl (C=O) groups is 1. The van der Waals surface area contributed by atoms with Crippen LogP contribution in [-0.4, -0.2) is 31.0 Å². The van der Waals surface area contributed by atoms with Crippen LogP contribution in [0.4, 0.5) is 0 Å². The third-order valence-corrected chi connectivity index (χ3v) is 5.90. The summed E-state index contributed by atoms with van der Waals surface area (Å²) in [7, 11) is -2.96. The van der Waals surface area contributed by atoms with Crippen molar-refractivity contribution in [3.63, 3.8) is 0 Å². The molecule has 4 nitrogen and oxygen atoms in total. The monoisotopic (exact) mass is 296 g/mol. The molecule has 0 amide bonds. The maximum Gasteiger partial charge on any atom is 0.313 e. The minimum Gasteiger partial charge on any atom is -0.481 e. The molecule has 2 rings (SSSR count). The first kappa shape index (κ1) is 15.0. The Bertz CT molecular complexity index is 617. The maximum atomic E-state index is 11.7. The first-order chi connectivity index (χ1) is 9.22. The molecule has 1 aromatic carbocycles. The van der Waals surface area contributed by atoms with Gasteiger partial charge >= 0.3 is 5.97 Å². The highest BCUT2D eigenvalue weighted by Crippen LogP contribution is 2.31. The van der Waals surface area contributed by atoms with Crippen LogP contribution in [0.25, 0.3) is 0 Å². The normalized spacial score (nSPS) is 22.4. The van der Waals surface area contributed by atoms with E-state index in [0.717, 1.165) is 12.0 Å². The van der Waals surface area contributed by atoms with Crippen molar-refractivity contribution in [3.8, 4) is 0 Å². The van der Waals surface area contributed by atoms with Crippen LogP contribution in [0.15, 0.2) is 24.3 Å². The first-order valence-electron chi connectivity index (χ1n) is 6.76. The molecular formula is C15H20O4S. The van der Waals surface area contributed by atoms with Crippen molar-refractivity contribution >= 4 is 15.8 Å². The lowest BCUT2D eigenvalue weighted by atomic mass is 9.82. The summed E-state index contributed by atoms with van der Waals surface area (Å²) in [5.41, 5.74) is 0.675. The number of hydrogen-bond acceptors (Lipinski definition) is 3. The number of carboxylic acids is 1. The number of carboxylic acid groups (broad SMARTS) is 1. The van der Waals surface area contributed by atoms with Gasteiger partial charge in [0, 0.05) is 0 Å². The fourth-order valence-electron chi connectivity index (χ4n) is 2.59. The van der Waals surface area contributed by atoms with Crippen molar-refractivity contribution in [1.82, 2.24) is 0 Å². The molecule has 5 heteroatoms. The van der Waals surface area contributed by atoms with E-state index >= 15 is 0 Å². The highest BCUT2D eigenvalue weighted by Gasteiger charge is 2.31. The van der Waals surface area contributed by atoms with Gasteiger partial charge < -0.3 is 5.11 Å². The average molecular weight is 296 g/mol. The SMILES string of the molecule is CC(C)(C(=O)O)c1cccc(C2CCCS(=O)(=O)C2)c1. The van der Waals surface area contributed by atoms with E-state index in [1.54, 1.807) is 19.9 Å². The van der Waals surface area contributed by atoms with E-state index in [9.17, 15) is 18.3 Å². The van der Waals surface area contributed by atoms with Crippen molar-refractivity contribution in [2.24, 2.45) is 0 Å². The highest BCUT2D eigenvalue weighted by atomic mass is 32.2. The largest absolute Gasteiger partial charge is 0.481 e. The molecule has 1 aromatic rings. The third kappa shape index (κ3) is 3.03. The second-order valence-corrected chi connectivity index (χ2v) is 8.24. The van der Waals surface area contributed by atoms with Crippen LogP contribution < -0.4 is 0 Å². The van der Waals surface area contributed by atoms with Crippen LogP contribution in [0.1, 0.15) is 43.7 Å². The van der Waals surface area contributed by atoms with Gasteiger partial charge in [0.2, 0.25) is 0 Å². The lowest BCUT2D eigenvalue weighted by Gasteiger charge is -2.25. The maximum absolute atomic E-state index is 11.7. The number of aliphatic carboxylic acids is 1.